The lowest BCUT2D eigenvalue weighted by Crippen LogP contribution is -2.30. The van der Waals surface area contributed by atoms with Gasteiger partial charge in [-0.25, -0.2) is 9.97 Å². The highest BCUT2D eigenvalue weighted by Gasteiger charge is 2.30. The zero-order valence-corrected chi connectivity index (χ0v) is 8.48. The Balaban J connectivity index is 2.21. The van der Waals surface area contributed by atoms with Crippen LogP contribution in [-0.2, 0) is 0 Å². The van der Waals surface area contributed by atoms with Gasteiger partial charge in [0.25, 0.3) is 0 Å². The summed E-state index contributed by atoms with van der Waals surface area (Å²) in [6, 6.07) is 0.483. The molecule has 1 aliphatic carbocycles. The molecule has 0 saturated heterocycles. The second kappa shape index (κ2) is 4.11. The molecular formula is C9H12ClN3O. The van der Waals surface area contributed by atoms with Gasteiger partial charge in [0.05, 0.1) is 6.61 Å². The fourth-order valence-electron chi connectivity index (χ4n) is 1.46. The summed E-state index contributed by atoms with van der Waals surface area (Å²) in [4.78, 5) is 10.2. The molecule has 1 aliphatic rings. The molecule has 1 saturated carbocycles. The minimum absolute atomic E-state index is 0.114. The summed E-state index contributed by atoms with van der Waals surface area (Å²) in [5.74, 6) is 0.686. The first kappa shape index (κ1) is 9.68. The second-order valence-corrected chi connectivity index (χ2v) is 3.68. The van der Waals surface area contributed by atoms with E-state index in [9.17, 15) is 0 Å². The average molecular weight is 214 g/mol. The lowest BCUT2D eigenvalue weighted by atomic mass is 10.4. The van der Waals surface area contributed by atoms with Gasteiger partial charge in [0.2, 0.25) is 0 Å². The molecule has 0 aliphatic heterocycles. The van der Waals surface area contributed by atoms with Crippen LogP contribution in [0.3, 0.4) is 0 Å². The van der Waals surface area contributed by atoms with Crippen molar-refractivity contribution in [3.63, 3.8) is 0 Å². The number of aliphatic hydroxyl groups is 1. The van der Waals surface area contributed by atoms with Crippen molar-refractivity contribution in [3.8, 4) is 0 Å². The molecule has 0 atom stereocenters. The van der Waals surface area contributed by atoms with Crippen molar-refractivity contribution in [2.45, 2.75) is 18.9 Å². The molecular weight excluding hydrogens is 202 g/mol. The van der Waals surface area contributed by atoms with Crippen molar-refractivity contribution >= 4 is 17.4 Å². The zero-order chi connectivity index (χ0) is 9.97. The van der Waals surface area contributed by atoms with Crippen molar-refractivity contribution < 1.29 is 5.11 Å². The second-order valence-electron chi connectivity index (χ2n) is 3.32. The largest absolute Gasteiger partial charge is 0.395 e. The molecule has 2 rings (SSSR count). The molecule has 4 nitrogen and oxygen atoms in total. The van der Waals surface area contributed by atoms with Gasteiger partial charge >= 0.3 is 0 Å². The fourth-order valence-corrected chi connectivity index (χ4v) is 1.68. The van der Waals surface area contributed by atoms with Crippen molar-refractivity contribution in [2.24, 2.45) is 0 Å². The lowest BCUT2D eigenvalue weighted by molar-refractivity contribution is 0.301. The van der Waals surface area contributed by atoms with Crippen molar-refractivity contribution in [3.05, 3.63) is 17.5 Å². The maximum absolute atomic E-state index is 8.93. The Bertz CT molecular complexity index is 317. The number of hydrogen-bond donors (Lipinski definition) is 1. The molecule has 1 aromatic rings. The van der Waals surface area contributed by atoms with Crippen LogP contribution in [0, 0.1) is 0 Å². The standard InChI is InChI=1S/C9H12ClN3O/c10-8-9(12-4-3-11-8)13(5-6-14)7-1-2-7/h3-4,7,14H,1-2,5-6H2. The highest BCUT2D eigenvalue weighted by molar-refractivity contribution is 6.31. The summed E-state index contributed by atoms with van der Waals surface area (Å²) in [5.41, 5.74) is 0. The molecule has 5 heteroatoms. The molecule has 76 valence electrons. The number of aliphatic hydroxyl groups excluding tert-OH is 1. The van der Waals surface area contributed by atoms with E-state index in [2.05, 4.69) is 9.97 Å². The van der Waals surface area contributed by atoms with E-state index in [0.717, 1.165) is 12.8 Å². The number of anilines is 1. The summed E-state index contributed by atoms with van der Waals surface area (Å²) in [6.07, 6.45) is 5.48. The van der Waals surface area contributed by atoms with Gasteiger partial charge in [0.1, 0.15) is 0 Å². The van der Waals surface area contributed by atoms with Gasteiger partial charge in [-0.2, -0.15) is 0 Å². The quantitative estimate of drug-likeness (QED) is 0.814. The molecule has 0 radical (unpaired) electrons. The van der Waals surface area contributed by atoms with E-state index < -0.39 is 0 Å². The third-order valence-electron chi connectivity index (χ3n) is 2.24. The number of nitrogens with zero attached hydrogens (tertiary/aromatic N) is 3. The topological polar surface area (TPSA) is 49.2 Å². The summed E-state index contributed by atoms with van der Waals surface area (Å²) < 4.78 is 0. The first-order valence-electron chi connectivity index (χ1n) is 4.67. The maximum Gasteiger partial charge on any atom is 0.171 e. The van der Waals surface area contributed by atoms with E-state index in [4.69, 9.17) is 16.7 Å². The molecule has 1 aromatic heterocycles. The predicted molar refractivity (Wildman–Crippen MR) is 54.5 cm³/mol. The number of rotatable bonds is 4. The molecule has 1 fully saturated rings. The van der Waals surface area contributed by atoms with Gasteiger partial charge in [-0.3, -0.25) is 0 Å². The van der Waals surface area contributed by atoms with Crippen LogP contribution in [0.25, 0.3) is 0 Å². The van der Waals surface area contributed by atoms with Crippen LogP contribution in [0.15, 0.2) is 12.4 Å². The lowest BCUT2D eigenvalue weighted by Gasteiger charge is -2.22. The summed E-state index contributed by atoms with van der Waals surface area (Å²) in [7, 11) is 0. The molecule has 1 heterocycles. The molecule has 14 heavy (non-hydrogen) atoms. The maximum atomic E-state index is 8.93. The predicted octanol–water partition coefficient (Wildman–Crippen LogP) is 1.09. The Hall–Kier alpha value is -0.870. The minimum atomic E-state index is 0.114. The van der Waals surface area contributed by atoms with Crippen LogP contribution in [0.4, 0.5) is 5.82 Å². The molecule has 0 bridgehead atoms. The number of hydrogen-bond acceptors (Lipinski definition) is 4. The van der Waals surface area contributed by atoms with Crippen molar-refractivity contribution in [2.75, 3.05) is 18.1 Å². The van der Waals surface area contributed by atoms with Crippen molar-refractivity contribution in [1.82, 2.24) is 9.97 Å². The molecule has 0 aromatic carbocycles. The van der Waals surface area contributed by atoms with E-state index in [1.54, 1.807) is 12.4 Å². The van der Waals surface area contributed by atoms with Crippen LogP contribution in [0.2, 0.25) is 5.15 Å². The van der Waals surface area contributed by atoms with E-state index in [0.29, 0.717) is 23.6 Å². The average Bonchev–Trinajstić information content (AvgIpc) is 2.99. The Labute approximate surface area is 87.5 Å². The number of halogens is 1. The van der Waals surface area contributed by atoms with Gasteiger partial charge < -0.3 is 10.0 Å². The highest BCUT2D eigenvalue weighted by atomic mass is 35.5. The highest BCUT2D eigenvalue weighted by Crippen LogP contribution is 2.32. The normalized spacial score (nSPS) is 15.6. The molecule has 0 amide bonds. The third-order valence-corrected chi connectivity index (χ3v) is 2.50. The molecule has 0 unspecified atom stereocenters. The van der Waals surface area contributed by atoms with Crippen LogP contribution in [0.1, 0.15) is 12.8 Å². The Kier molecular flexibility index (Phi) is 2.84. The van der Waals surface area contributed by atoms with E-state index in [-0.39, 0.29) is 6.61 Å². The van der Waals surface area contributed by atoms with Gasteiger partial charge in [0, 0.05) is 25.0 Å². The van der Waals surface area contributed by atoms with E-state index >= 15 is 0 Å². The zero-order valence-electron chi connectivity index (χ0n) is 7.73. The van der Waals surface area contributed by atoms with Gasteiger partial charge in [0.15, 0.2) is 11.0 Å². The summed E-state index contributed by atoms with van der Waals surface area (Å²) >= 11 is 5.93. The van der Waals surface area contributed by atoms with Crippen LogP contribution in [-0.4, -0.2) is 34.3 Å². The fraction of sp³-hybridized carbons (Fsp3) is 0.556. The SMILES string of the molecule is OCCN(c1nccnc1Cl)C1CC1. The number of aromatic nitrogens is 2. The van der Waals surface area contributed by atoms with Crippen LogP contribution >= 0.6 is 11.6 Å². The minimum Gasteiger partial charge on any atom is -0.395 e. The first-order chi connectivity index (χ1) is 6.83. The molecule has 0 spiro atoms. The van der Waals surface area contributed by atoms with Crippen molar-refractivity contribution in [1.29, 1.82) is 0 Å². The van der Waals surface area contributed by atoms with E-state index in [1.807, 2.05) is 4.90 Å². The van der Waals surface area contributed by atoms with Gasteiger partial charge in [-0.1, -0.05) is 11.6 Å². The van der Waals surface area contributed by atoms with Gasteiger partial charge in [-0.15, -0.1) is 0 Å². The monoisotopic (exact) mass is 213 g/mol. The third kappa shape index (κ3) is 1.96. The smallest absolute Gasteiger partial charge is 0.171 e. The molecule has 1 N–H and O–H groups in total. The summed E-state index contributed by atoms with van der Waals surface area (Å²) in [5, 5.41) is 9.34. The van der Waals surface area contributed by atoms with Crippen LogP contribution in [0.5, 0.6) is 0 Å². The summed E-state index contributed by atoms with van der Waals surface area (Å²) in [6.45, 7) is 0.687. The Morgan fingerprint density at radius 3 is 2.71 bits per heavy atom. The van der Waals surface area contributed by atoms with E-state index in [1.165, 1.54) is 0 Å². The Morgan fingerprint density at radius 2 is 2.14 bits per heavy atom. The Morgan fingerprint density at radius 1 is 1.43 bits per heavy atom. The van der Waals surface area contributed by atoms with Crippen LogP contribution < -0.4 is 4.90 Å². The first-order valence-corrected chi connectivity index (χ1v) is 5.04. The van der Waals surface area contributed by atoms with Gasteiger partial charge in [-0.05, 0) is 12.8 Å².